The molecule has 1 aromatic heterocycles. The van der Waals surface area contributed by atoms with Gasteiger partial charge >= 0.3 is 5.69 Å². The fourth-order valence-corrected chi connectivity index (χ4v) is 2.25. The van der Waals surface area contributed by atoms with E-state index in [-0.39, 0.29) is 11.6 Å². The fourth-order valence-electron chi connectivity index (χ4n) is 2.25. The van der Waals surface area contributed by atoms with Crippen LogP contribution in [0.2, 0.25) is 0 Å². The number of anilines is 1. The predicted molar refractivity (Wildman–Crippen MR) is 90.6 cm³/mol. The second-order valence-corrected chi connectivity index (χ2v) is 4.99. The Morgan fingerprint density at radius 1 is 0.957 bits per heavy atom. The standard InChI is InChI=1S/C11H13N5O.C6H4/c1-2-16-9(8-6-4-3-5-7-8)13-10(15-12)14-11(16)17;1-2-6-4-3-5(1)6/h3-7H,2,12H2,1H3,(H,14,15,17);1-4H. The first-order valence-corrected chi connectivity index (χ1v) is 7.34. The number of hydrazine groups is 1. The van der Waals surface area contributed by atoms with Crippen LogP contribution in [0.25, 0.3) is 22.5 Å². The molecule has 0 unspecified atom stereocenters. The van der Waals surface area contributed by atoms with Crippen molar-refractivity contribution in [1.29, 1.82) is 0 Å². The lowest BCUT2D eigenvalue weighted by atomic mass is 9.95. The summed E-state index contributed by atoms with van der Waals surface area (Å²) in [6.07, 6.45) is 0. The number of nitrogens with two attached hydrogens (primary N) is 1. The van der Waals surface area contributed by atoms with Gasteiger partial charge in [0.15, 0.2) is 0 Å². The number of aromatic nitrogens is 3. The van der Waals surface area contributed by atoms with Crippen LogP contribution in [0.5, 0.6) is 0 Å². The van der Waals surface area contributed by atoms with Gasteiger partial charge in [-0.3, -0.25) is 9.99 Å². The van der Waals surface area contributed by atoms with Crippen LogP contribution in [0.1, 0.15) is 6.92 Å². The summed E-state index contributed by atoms with van der Waals surface area (Å²) in [5.74, 6) is 5.91. The Balaban J connectivity index is 0.000000213. The highest BCUT2D eigenvalue weighted by Gasteiger charge is 2.09. The highest BCUT2D eigenvalue weighted by molar-refractivity contribution is 5.75. The zero-order valence-electron chi connectivity index (χ0n) is 12.7. The third-order valence-corrected chi connectivity index (χ3v) is 3.60. The van der Waals surface area contributed by atoms with E-state index in [1.165, 1.54) is 15.7 Å². The van der Waals surface area contributed by atoms with Crippen molar-refractivity contribution < 1.29 is 0 Å². The molecular formula is C17H17N5O. The highest BCUT2D eigenvalue weighted by Crippen LogP contribution is 2.29. The quantitative estimate of drug-likeness (QED) is 0.448. The summed E-state index contributed by atoms with van der Waals surface area (Å²) < 4.78 is 1.50. The van der Waals surface area contributed by atoms with Gasteiger partial charge in [-0.25, -0.2) is 10.6 Å². The molecule has 0 aliphatic heterocycles. The Kier molecular flexibility index (Phi) is 4.16. The summed E-state index contributed by atoms with van der Waals surface area (Å²) in [6, 6.07) is 17.9. The van der Waals surface area contributed by atoms with Crippen molar-refractivity contribution in [1.82, 2.24) is 14.5 Å². The van der Waals surface area contributed by atoms with Gasteiger partial charge in [0.1, 0.15) is 5.82 Å². The van der Waals surface area contributed by atoms with Crippen LogP contribution < -0.4 is 17.0 Å². The van der Waals surface area contributed by atoms with Gasteiger partial charge < -0.3 is 0 Å². The smallest absolute Gasteiger partial charge is 0.292 e. The van der Waals surface area contributed by atoms with Crippen LogP contribution >= 0.6 is 0 Å². The normalized spacial score (nSPS) is 10.5. The number of hydrogen-bond donors (Lipinski definition) is 2. The minimum absolute atomic E-state index is 0.124. The average Bonchev–Trinajstić information content (AvgIpc) is 2.58. The summed E-state index contributed by atoms with van der Waals surface area (Å²) in [4.78, 5) is 19.7. The second-order valence-electron chi connectivity index (χ2n) is 4.99. The molecule has 4 rings (SSSR count). The molecule has 0 saturated carbocycles. The maximum absolute atomic E-state index is 11.7. The van der Waals surface area contributed by atoms with E-state index in [1.54, 1.807) is 0 Å². The van der Waals surface area contributed by atoms with Crippen molar-refractivity contribution in [2.75, 3.05) is 5.43 Å². The molecule has 0 saturated heterocycles. The Labute approximate surface area is 133 Å². The minimum Gasteiger partial charge on any atom is -0.292 e. The van der Waals surface area contributed by atoms with E-state index in [0.717, 1.165) is 5.56 Å². The number of nitrogens with zero attached hydrogens (tertiary/aromatic N) is 3. The lowest BCUT2D eigenvalue weighted by Crippen LogP contribution is -2.27. The molecule has 3 N–H and O–H groups in total. The zero-order chi connectivity index (χ0) is 16.2. The number of fused-ring (bicyclic) bond motifs is 1. The van der Waals surface area contributed by atoms with Crippen molar-refractivity contribution >= 4 is 5.95 Å². The first kappa shape index (κ1) is 14.9. The molecule has 0 bridgehead atoms. The fraction of sp³-hybridized carbons (Fsp3) is 0.118. The topological polar surface area (TPSA) is 85.8 Å². The third kappa shape index (κ3) is 2.97. The van der Waals surface area contributed by atoms with Crippen molar-refractivity contribution in [3.63, 3.8) is 0 Å². The van der Waals surface area contributed by atoms with E-state index < -0.39 is 0 Å². The molecule has 0 amide bonds. The molecular weight excluding hydrogens is 290 g/mol. The van der Waals surface area contributed by atoms with Gasteiger partial charge in [-0.05, 0) is 18.1 Å². The van der Waals surface area contributed by atoms with E-state index in [0.29, 0.717) is 12.4 Å². The van der Waals surface area contributed by atoms with Crippen molar-refractivity contribution in [3.05, 3.63) is 65.1 Å². The molecule has 116 valence electrons. The Hall–Kier alpha value is -2.99. The molecule has 0 atom stereocenters. The van der Waals surface area contributed by atoms with Crippen molar-refractivity contribution in [2.45, 2.75) is 13.5 Å². The van der Waals surface area contributed by atoms with Gasteiger partial charge in [0.05, 0.1) is 0 Å². The van der Waals surface area contributed by atoms with E-state index in [2.05, 4.69) is 39.7 Å². The van der Waals surface area contributed by atoms with Crippen LogP contribution in [0.15, 0.2) is 59.4 Å². The molecule has 2 aliphatic carbocycles. The molecule has 23 heavy (non-hydrogen) atoms. The maximum Gasteiger partial charge on any atom is 0.352 e. The van der Waals surface area contributed by atoms with Crippen LogP contribution in [0.3, 0.4) is 0 Å². The van der Waals surface area contributed by atoms with Crippen molar-refractivity contribution in [3.8, 4) is 22.5 Å². The van der Waals surface area contributed by atoms with Gasteiger partial charge in [0.25, 0.3) is 0 Å². The van der Waals surface area contributed by atoms with Crippen molar-refractivity contribution in [2.24, 2.45) is 5.84 Å². The molecule has 1 aromatic carbocycles. The number of nitrogen functional groups attached to an aromatic ring is 1. The summed E-state index contributed by atoms with van der Waals surface area (Å²) in [5, 5.41) is 0. The van der Waals surface area contributed by atoms with Gasteiger partial charge in [0, 0.05) is 12.1 Å². The SMILES string of the molecule is CCn1c(-c2ccccc2)nc(NN)nc1=O.c1cc2ccc1-2. The Bertz CT molecular complexity index is 835. The van der Waals surface area contributed by atoms with Gasteiger partial charge in [-0.2, -0.15) is 9.97 Å². The first-order valence-electron chi connectivity index (χ1n) is 7.34. The van der Waals surface area contributed by atoms with Crippen LogP contribution in [-0.2, 0) is 6.54 Å². The summed E-state index contributed by atoms with van der Waals surface area (Å²) >= 11 is 0. The number of rotatable bonds is 3. The molecule has 0 fully saturated rings. The van der Waals surface area contributed by atoms with Crippen LogP contribution in [0.4, 0.5) is 5.95 Å². The lowest BCUT2D eigenvalue weighted by Gasteiger charge is -2.10. The zero-order valence-corrected chi connectivity index (χ0v) is 12.7. The largest absolute Gasteiger partial charge is 0.352 e. The van der Waals surface area contributed by atoms with Crippen LogP contribution in [0, 0.1) is 0 Å². The van der Waals surface area contributed by atoms with Crippen LogP contribution in [-0.4, -0.2) is 14.5 Å². The van der Waals surface area contributed by atoms with E-state index in [1.807, 2.05) is 37.3 Å². The van der Waals surface area contributed by atoms with Gasteiger partial charge in [0.2, 0.25) is 5.95 Å². The summed E-state index contributed by atoms with van der Waals surface area (Å²) in [5.41, 5.74) is 5.63. The van der Waals surface area contributed by atoms with E-state index >= 15 is 0 Å². The monoisotopic (exact) mass is 307 g/mol. The third-order valence-electron chi connectivity index (χ3n) is 3.60. The molecule has 2 aromatic rings. The van der Waals surface area contributed by atoms with Gasteiger partial charge in [-0.1, -0.05) is 54.6 Å². The number of hydrogen-bond acceptors (Lipinski definition) is 5. The molecule has 1 heterocycles. The van der Waals surface area contributed by atoms with E-state index in [4.69, 9.17) is 5.84 Å². The maximum atomic E-state index is 11.7. The first-order chi connectivity index (χ1) is 11.2. The lowest BCUT2D eigenvalue weighted by molar-refractivity contribution is 0.687. The molecule has 6 nitrogen and oxygen atoms in total. The molecule has 6 heteroatoms. The van der Waals surface area contributed by atoms with E-state index in [9.17, 15) is 4.79 Å². The second kappa shape index (κ2) is 6.41. The summed E-state index contributed by atoms with van der Waals surface area (Å²) in [6.45, 7) is 2.38. The summed E-state index contributed by atoms with van der Waals surface area (Å²) in [7, 11) is 0. The average molecular weight is 307 g/mol. The Morgan fingerprint density at radius 3 is 2.00 bits per heavy atom. The number of nitrogens with one attached hydrogen (secondary N) is 1. The molecule has 0 radical (unpaired) electrons. The highest BCUT2D eigenvalue weighted by atomic mass is 16.1. The van der Waals surface area contributed by atoms with Gasteiger partial charge in [-0.15, -0.1) is 0 Å². The minimum atomic E-state index is -0.366. The predicted octanol–water partition coefficient (Wildman–Crippen LogP) is 2.28. The Morgan fingerprint density at radius 2 is 1.57 bits per heavy atom. The molecule has 2 aliphatic rings. The number of benzene rings is 2. The molecule has 0 spiro atoms.